The van der Waals surface area contributed by atoms with Crippen LogP contribution in [0.25, 0.3) is 0 Å². The van der Waals surface area contributed by atoms with E-state index >= 15 is 0 Å². The van der Waals surface area contributed by atoms with E-state index < -0.39 is 10.8 Å². The van der Waals surface area contributed by atoms with Crippen LogP contribution in [0.4, 0.5) is 0 Å². The van der Waals surface area contributed by atoms with E-state index in [0.717, 1.165) is 23.6 Å². The molecule has 4 heteroatoms. The fraction of sp³-hybridized carbons (Fsp3) is 0.667. The molecule has 16 heavy (non-hydrogen) atoms. The predicted octanol–water partition coefficient (Wildman–Crippen LogP) is 2.78. The minimum atomic E-state index is -0.805. The highest BCUT2D eigenvalue weighted by molar-refractivity contribution is 7.88. The molecule has 0 aromatic carbocycles. The molecule has 1 fully saturated rings. The van der Waals surface area contributed by atoms with Gasteiger partial charge in [0.2, 0.25) is 0 Å². The zero-order chi connectivity index (χ0) is 11.4. The second kappa shape index (κ2) is 5.94. The summed E-state index contributed by atoms with van der Waals surface area (Å²) in [7, 11) is -0.805. The van der Waals surface area contributed by atoms with Crippen LogP contribution in [0.15, 0.2) is 21.7 Å². The lowest BCUT2D eigenvalue weighted by Gasteiger charge is -2.19. The molecule has 1 N–H and O–H groups in total. The summed E-state index contributed by atoms with van der Waals surface area (Å²) >= 11 is 1.62. The highest BCUT2D eigenvalue weighted by atomic mass is 32.2. The third kappa shape index (κ3) is 2.73. The van der Waals surface area contributed by atoms with E-state index in [9.17, 15) is 4.21 Å². The van der Waals surface area contributed by atoms with Crippen LogP contribution in [0.5, 0.6) is 0 Å². The summed E-state index contributed by atoms with van der Waals surface area (Å²) in [6.07, 6.45) is 4.64. The monoisotopic (exact) mass is 257 g/mol. The van der Waals surface area contributed by atoms with Crippen molar-refractivity contribution in [1.29, 1.82) is 0 Å². The van der Waals surface area contributed by atoms with E-state index in [2.05, 4.69) is 12.2 Å². The topological polar surface area (TPSA) is 29.1 Å². The molecule has 3 unspecified atom stereocenters. The molecular formula is C12H19NOS2. The molecule has 1 aliphatic rings. The minimum Gasteiger partial charge on any atom is -0.313 e. The average molecular weight is 257 g/mol. The number of rotatable bonds is 5. The second-order valence-corrected chi connectivity index (χ2v) is 7.11. The molecule has 0 radical (unpaired) electrons. The Morgan fingerprint density at radius 1 is 1.56 bits per heavy atom. The van der Waals surface area contributed by atoms with Gasteiger partial charge in [0, 0.05) is 6.04 Å². The van der Waals surface area contributed by atoms with Gasteiger partial charge in [-0.05, 0) is 37.3 Å². The Morgan fingerprint density at radius 2 is 2.44 bits per heavy atom. The predicted molar refractivity (Wildman–Crippen MR) is 70.4 cm³/mol. The number of hydrogen-bond acceptors (Lipinski definition) is 3. The molecule has 3 atom stereocenters. The smallest absolute Gasteiger partial charge is 0.0914 e. The van der Waals surface area contributed by atoms with Crippen LogP contribution in [0.1, 0.15) is 32.6 Å². The largest absolute Gasteiger partial charge is 0.313 e. The lowest BCUT2D eigenvalue weighted by atomic mass is 10.2. The Balaban J connectivity index is 1.99. The molecule has 1 aromatic heterocycles. The van der Waals surface area contributed by atoms with Crippen molar-refractivity contribution in [3.05, 3.63) is 17.5 Å². The first-order chi connectivity index (χ1) is 7.83. The van der Waals surface area contributed by atoms with E-state index in [4.69, 9.17) is 0 Å². The van der Waals surface area contributed by atoms with Crippen LogP contribution >= 0.6 is 11.3 Å². The van der Waals surface area contributed by atoms with Gasteiger partial charge >= 0.3 is 0 Å². The van der Waals surface area contributed by atoms with E-state index in [1.807, 2.05) is 17.5 Å². The van der Waals surface area contributed by atoms with Crippen molar-refractivity contribution in [3.8, 4) is 0 Å². The molecule has 1 heterocycles. The maximum Gasteiger partial charge on any atom is 0.0914 e. The van der Waals surface area contributed by atoms with E-state index in [0.29, 0.717) is 11.3 Å². The van der Waals surface area contributed by atoms with Crippen LogP contribution in [-0.2, 0) is 10.8 Å². The van der Waals surface area contributed by atoms with Gasteiger partial charge in [-0.25, -0.2) is 0 Å². The number of nitrogens with one attached hydrogen (secondary N) is 1. The second-order valence-electron chi connectivity index (χ2n) is 4.26. The summed E-state index contributed by atoms with van der Waals surface area (Å²) in [4.78, 5) is 0. The third-order valence-electron chi connectivity index (χ3n) is 3.08. The Labute approximate surface area is 104 Å². The average Bonchev–Trinajstić information content (AvgIpc) is 2.96. The Morgan fingerprint density at radius 3 is 3.12 bits per heavy atom. The van der Waals surface area contributed by atoms with Gasteiger partial charge in [-0.3, -0.25) is 4.21 Å². The van der Waals surface area contributed by atoms with Crippen molar-refractivity contribution < 1.29 is 4.21 Å². The Bertz CT molecular complexity index is 337. The van der Waals surface area contributed by atoms with Crippen molar-refractivity contribution in [1.82, 2.24) is 5.32 Å². The summed E-state index contributed by atoms with van der Waals surface area (Å²) in [5.41, 5.74) is 0. The molecule has 1 saturated carbocycles. The first-order valence-corrected chi connectivity index (χ1v) is 8.09. The van der Waals surface area contributed by atoms with Gasteiger partial charge in [-0.2, -0.15) is 0 Å². The third-order valence-corrected chi connectivity index (χ3v) is 6.17. The molecule has 2 nitrogen and oxygen atoms in total. The maximum atomic E-state index is 12.4. The molecule has 1 aromatic rings. The highest BCUT2D eigenvalue weighted by Crippen LogP contribution is 2.29. The van der Waals surface area contributed by atoms with E-state index in [1.165, 1.54) is 12.8 Å². The van der Waals surface area contributed by atoms with Gasteiger partial charge in [-0.1, -0.05) is 19.4 Å². The molecule has 0 amide bonds. The normalized spacial score (nSPS) is 27.1. The quantitative estimate of drug-likeness (QED) is 0.879. The van der Waals surface area contributed by atoms with Gasteiger partial charge < -0.3 is 5.32 Å². The lowest BCUT2D eigenvalue weighted by Crippen LogP contribution is -2.38. The van der Waals surface area contributed by atoms with E-state index in [1.54, 1.807) is 11.3 Å². The number of thiophene rings is 1. The Kier molecular flexibility index (Phi) is 4.55. The molecule has 2 rings (SSSR count). The first kappa shape index (κ1) is 12.3. The van der Waals surface area contributed by atoms with Crippen molar-refractivity contribution in [2.24, 2.45) is 0 Å². The van der Waals surface area contributed by atoms with Crippen LogP contribution < -0.4 is 5.32 Å². The summed E-state index contributed by atoms with van der Waals surface area (Å²) < 4.78 is 13.4. The van der Waals surface area contributed by atoms with Crippen LogP contribution in [0, 0.1) is 0 Å². The SMILES string of the molecule is CCCNC1CCCC1S(=O)c1cccs1. The fourth-order valence-electron chi connectivity index (χ4n) is 2.27. The molecule has 0 saturated heterocycles. The fourth-order valence-corrected chi connectivity index (χ4v) is 5.06. The van der Waals surface area contributed by atoms with Crippen LogP contribution in [-0.4, -0.2) is 22.0 Å². The molecule has 0 bridgehead atoms. The van der Waals surface area contributed by atoms with Gasteiger partial charge in [0.05, 0.1) is 20.3 Å². The molecule has 1 aliphatic carbocycles. The molecule has 0 aliphatic heterocycles. The zero-order valence-electron chi connectivity index (χ0n) is 9.65. The van der Waals surface area contributed by atoms with Gasteiger partial charge in [0.1, 0.15) is 0 Å². The van der Waals surface area contributed by atoms with Crippen LogP contribution in [0.2, 0.25) is 0 Å². The summed E-state index contributed by atoms with van der Waals surface area (Å²) in [6.45, 7) is 3.22. The lowest BCUT2D eigenvalue weighted by molar-refractivity contribution is 0.523. The van der Waals surface area contributed by atoms with E-state index in [-0.39, 0.29) is 0 Å². The molecular weight excluding hydrogens is 238 g/mol. The van der Waals surface area contributed by atoms with Gasteiger partial charge in [0.15, 0.2) is 0 Å². The van der Waals surface area contributed by atoms with Gasteiger partial charge in [-0.15, -0.1) is 11.3 Å². The maximum absolute atomic E-state index is 12.4. The summed E-state index contributed by atoms with van der Waals surface area (Å²) in [5, 5.41) is 5.87. The standard InChI is InChI=1S/C12H19NOS2/c1-2-8-13-10-5-3-6-11(10)16(14)12-7-4-9-15-12/h4,7,9-11,13H,2-3,5-6,8H2,1H3. The first-order valence-electron chi connectivity index (χ1n) is 6.00. The zero-order valence-corrected chi connectivity index (χ0v) is 11.3. The van der Waals surface area contributed by atoms with Crippen molar-refractivity contribution >= 4 is 22.1 Å². The Hall–Kier alpha value is -0.190. The van der Waals surface area contributed by atoms with Crippen molar-refractivity contribution in [2.45, 2.75) is 48.1 Å². The molecule has 0 spiro atoms. The molecule has 90 valence electrons. The van der Waals surface area contributed by atoms with Crippen LogP contribution in [0.3, 0.4) is 0 Å². The van der Waals surface area contributed by atoms with Crippen molar-refractivity contribution in [2.75, 3.05) is 6.54 Å². The van der Waals surface area contributed by atoms with Crippen molar-refractivity contribution in [3.63, 3.8) is 0 Å². The summed E-state index contributed by atoms with van der Waals surface area (Å²) in [5.74, 6) is 0. The number of hydrogen-bond donors (Lipinski definition) is 1. The van der Waals surface area contributed by atoms with Gasteiger partial charge in [0.25, 0.3) is 0 Å². The summed E-state index contributed by atoms with van der Waals surface area (Å²) in [6, 6.07) is 4.44. The highest BCUT2D eigenvalue weighted by Gasteiger charge is 2.32. The minimum absolute atomic E-state index is 0.324.